The van der Waals surface area contributed by atoms with E-state index in [4.69, 9.17) is 0 Å². The Kier molecular flexibility index (Phi) is 2.92. The monoisotopic (exact) mass is 181 g/mol. The summed E-state index contributed by atoms with van der Waals surface area (Å²) in [5, 5.41) is 3.85. The molecule has 0 aromatic heterocycles. The van der Waals surface area contributed by atoms with Gasteiger partial charge in [0, 0.05) is 12.1 Å². The summed E-state index contributed by atoms with van der Waals surface area (Å²) < 4.78 is 0. The van der Waals surface area contributed by atoms with Gasteiger partial charge in [0.25, 0.3) is 0 Å². The van der Waals surface area contributed by atoms with E-state index in [1.807, 2.05) is 0 Å². The minimum Gasteiger partial charge on any atom is -0.311 e. The van der Waals surface area contributed by atoms with E-state index in [1.165, 1.54) is 38.5 Å². The quantitative estimate of drug-likeness (QED) is 0.687. The smallest absolute Gasteiger partial charge is 0.00978 e. The lowest BCUT2D eigenvalue weighted by Crippen LogP contribution is -2.46. The minimum absolute atomic E-state index is 0.863. The van der Waals surface area contributed by atoms with Gasteiger partial charge in [-0.25, -0.2) is 0 Å². The van der Waals surface area contributed by atoms with Gasteiger partial charge < -0.3 is 5.32 Å². The molecule has 1 heteroatoms. The third-order valence-corrected chi connectivity index (χ3v) is 3.61. The van der Waals surface area contributed by atoms with Crippen LogP contribution in [0.1, 0.15) is 52.4 Å². The van der Waals surface area contributed by atoms with Gasteiger partial charge in [0.1, 0.15) is 0 Å². The first-order chi connectivity index (χ1) is 6.29. The second kappa shape index (κ2) is 4.00. The van der Waals surface area contributed by atoms with Crippen LogP contribution >= 0.6 is 0 Å². The first-order valence-electron chi connectivity index (χ1n) is 6.05. The van der Waals surface area contributed by atoms with E-state index in [-0.39, 0.29) is 0 Å². The zero-order valence-electron chi connectivity index (χ0n) is 9.05. The molecule has 1 nitrogen and oxygen atoms in total. The molecule has 0 aliphatic heterocycles. The minimum atomic E-state index is 0.863. The molecule has 13 heavy (non-hydrogen) atoms. The van der Waals surface area contributed by atoms with Crippen molar-refractivity contribution in [1.29, 1.82) is 0 Å². The molecule has 0 spiro atoms. The average Bonchev–Trinajstić information content (AvgIpc) is 2.82. The molecule has 0 amide bonds. The van der Waals surface area contributed by atoms with Crippen molar-refractivity contribution in [2.75, 3.05) is 0 Å². The van der Waals surface area contributed by atoms with E-state index in [9.17, 15) is 0 Å². The van der Waals surface area contributed by atoms with Crippen molar-refractivity contribution in [3.05, 3.63) is 0 Å². The van der Waals surface area contributed by atoms with Gasteiger partial charge in [-0.1, -0.05) is 20.3 Å². The van der Waals surface area contributed by atoms with Crippen LogP contribution < -0.4 is 5.32 Å². The van der Waals surface area contributed by atoms with Crippen LogP contribution in [0.5, 0.6) is 0 Å². The van der Waals surface area contributed by atoms with Crippen molar-refractivity contribution in [2.24, 2.45) is 11.8 Å². The fourth-order valence-electron chi connectivity index (χ4n) is 2.61. The number of hydrogen-bond acceptors (Lipinski definition) is 1. The van der Waals surface area contributed by atoms with Gasteiger partial charge in [0.15, 0.2) is 0 Å². The molecule has 2 aliphatic carbocycles. The Morgan fingerprint density at radius 3 is 2.46 bits per heavy atom. The molecule has 0 saturated heterocycles. The lowest BCUT2D eigenvalue weighted by Gasteiger charge is -2.36. The van der Waals surface area contributed by atoms with Crippen molar-refractivity contribution >= 4 is 0 Å². The van der Waals surface area contributed by atoms with Crippen LogP contribution in [-0.4, -0.2) is 12.1 Å². The maximum atomic E-state index is 3.85. The largest absolute Gasteiger partial charge is 0.311 e. The topological polar surface area (TPSA) is 12.0 Å². The van der Waals surface area contributed by atoms with Crippen molar-refractivity contribution in [3.63, 3.8) is 0 Å². The lowest BCUT2D eigenvalue weighted by molar-refractivity contribution is 0.210. The molecule has 1 atom stereocenters. The predicted molar refractivity (Wildman–Crippen MR) is 56.7 cm³/mol. The van der Waals surface area contributed by atoms with E-state index in [0.29, 0.717) is 0 Å². The SMILES string of the molecule is CCCC(NC1CC(C)C1)C1CC1. The van der Waals surface area contributed by atoms with Crippen LogP contribution in [0, 0.1) is 11.8 Å². The van der Waals surface area contributed by atoms with Gasteiger partial charge in [-0.15, -0.1) is 0 Å². The summed E-state index contributed by atoms with van der Waals surface area (Å²) >= 11 is 0. The van der Waals surface area contributed by atoms with Gasteiger partial charge >= 0.3 is 0 Å². The standard InChI is InChI=1S/C12H23N/c1-3-4-12(10-5-6-10)13-11-7-9(2)8-11/h9-13H,3-8H2,1-2H3. The van der Waals surface area contributed by atoms with Crippen LogP contribution in [-0.2, 0) is 0 Å². The van der Waals surface area contributed by atoms with Crippen LogP contribution in [0.15, 0.2) is 0 Å². The molecule has 0 aromatic carbocycles. The van der Waals surface area contributed by atoms with Gasteiger partial charge in [0.2, 0.25) is 0 Å². The van der Waals surface area contributed by atoms with E-state index in [1.54, 1.807) is 0 Å². The molecule has 0 bridgehead atoms. The summed E-state index contributed by atoms with van der Waals surface area (Å²) in [6.07, 6.45) is 8.56. The average molecular weight is 181 g/mol. The van der Waals surface area contributed by atoms with Crippen LogP contribution in [0.2, 0.25) is 0 Å². The normalized spacial score (nSPS) is 35.5. The Morgan fingerprint density at radius 1 is 1.31 bits per heavy atom. The molecule has 0 radical (unpaired) electrons. The van der Waals surface area contributed by atoms with E-state index in [2.05, 4.69) is 19.2 Å². The van der Waals surface area contributed by atoms with Crippen molar-refractivity contribution in [2.45, 2.75) is 64.5 Å². The van der Waals surface area contributed by atoms with E-state index >= 15 is 0 Å². The number of nitrogens with one attached hydrogen (secondary N) is 1. The zero-order valence-corrected chi connectivity index (χ0v) is 9.05. The van der Waals surface area contributed by atoms with E-state index < -0.39 is 0 Å². The third-order valence-electron chi connectivity index (χ3n) is 3.61. The van der Waals surface area contributed by atoms with Crippen LogP contribution in [0.25, 0.3) is 0 Å². The highest BCUT2D eigenvalue weighted by Crippen LogP contribution is 2.36. The Morgan fingerprint density at radius 2 is 2.00 bits per heavy atom. The molecular formula is C12H23N. The summed E-state index contributed by atoms with van der Waals surface area (Å²) in [4.78, 5) is 0. The number of hydrogen-bond donors (Lipinski definition) is 1. The highest BCUT2D eigenvalue weighted by molar-refractivity contribution is 4.91. The van der Waals surface area contributed by atoms with Gasteiger partial charge in [0.05, 0.1) is 0 Å². The molecule has 0 aromatic rings. The Balaban J connectivity index is 1.70. The molecule has 1 N–H and O–H groups in total. The molecule has 76 valence electrons. The highest BCUT2D eigenvalue weighted by atomic mass is 15.0. The second-order valence-corrected chi connectivity index (χ2v) is 5.17. The zero-order chi connectivity index (χ0) is 9.26. The van der Waals surface area contributed by atoms with Gasteiger partial charge in [-0.2, -0.15) is 0 Å². The van der Waals surface area contributed by atoms with Crippen molar-refractivity contribution in [1.82, 2.24) is 5.32 Å². The number of rotatable bonds is 5. The third kappa shape index (κ3) is 2.46. The first kappa shape index (κ1) is 9.51. The molecule has 2 aliphatic rings. The molecule has 0 heterocycles. The maximum Gasteiger partial charge on any atom is 0.00978 e. The Hall–Kier alpha value is -0.0400. The molecule has 2 rings (SSSR count). The van der Waals surface area contributed by atoms with Crippen molar-refractivity contribution in [3.8, 4) is 0 Å². The first-order valence-corrected chi connectivity index (χ1v) is 6.05. The van der Waals surface area contributed by atoms with Crippen LogP contribution in [0.4, 0.5) is 0 Å². The summed E-state index contributed by atoms with van der Waals surface area (Å²) in [5.74, 6) is 2.02. The lowest BCUT2D eigenvalue weighted by atomic mass is 9.81. The Bertz CT molecular complexity index is 157. The summed E-state index contributed by atoms with van der Waals surface area (Å²) in [7, 11) is 0. The molecule has 2 fully saturated rings. The van der Waals surface area contributed by atoms with Crippen LogP contribution in [0.3, 0.4) is 0 Å². The second-order valence-electron chi connectivity index (χ2n) is 5.17. The van der Waals surface area contributed by atoms with Gasteiger partial charge in [-0.05, 0) is 43.9 Å². The fourth-order valence-corrected chi connectivity index (χ4v) is 2.61. The Labute approximate surface area is 82.3 Å². The summed E-state index contributed by atoms with van der Waals surface area (Å²) in [6.45, 7) is 4.67. The molecule has 1 unspecified atom stereocenters. The summed E-state index contributed by atoms with van der Waals surface area (Å²) in [6, 6.07) is 1.73. The molecular weight excluding hydrogens is 158 g/mol. The van der Waals surface area contributed by atoms with E-state index in [0.717, 1.165) is 23.9 Å². The maximum absolute atomic E-state index is 3.85. The predicted octanol–water partition coefficient (Wildman–Crippen LogP) is 2.95. The summed E-state index contributed by atoms with van der Waals surface area (Å²) in [5.41, 5.74) is 0. The molecule has 2 saturated carbocycles. The highest BCUT2D eigenvalue weighted by Gasteiger charge is 2.34. The van der Waals surface area contributed by atoms with Crippen molar-refractivity contribution < 1.29 is 0 Å². The fraction of sp³-hybridized carbons (Fsp3) is 1.00. The van der Waals surface area contributed by atoms with Gasteiger partial charge in [-0.3, -0.25) is 0 Å².